The summed E-state index contributed by atoms with van der Waals surface area (Å²) in [5, 5.41) is 4.24. The fourth-order valence-electron chi connectivity index (χ4n) is 4.69. The molecule has 4 rings (SSSR count). The molecular formula is C24H31N3O3. The van der Waals surface area contributed by atoms with Crippen LogP contribution in [0.15, 0.2) is 34.9 Å². The third-order valence-electron chi connectivity index (χ3n) is 6.62. The second-order valence-corrected chi connectivity index (χ2v) is 9.19. The van der Waals surface area contributed by atoms with Gasteiger partial charge in [-0.25, -0.2) is 0 Å². The van der Waals surface area contributed by atoms with Gasteiger partial charge in [0, 0.05) is 51.2 Å². The van der Waals surface area contributed by atoms with Crippen LogP contribution in [0.2, 0.25) is 0 Å². The summed E-state index contributed by atoms with van der Waals surface area (Å²) in [5.41, 5.74) is 2.30. The van der Waals surface area contributed by atoms with Gasteiger partial charge in [-0.2, -0.15) is 0 Å². The van der Waals surface area contributed by atoms with Crippen LogP contribution in [0.3, 0.4) is 0 Å². The minimum absolute atomic E-state index is 0.0573. The van der Waals surface area contributed by atoms with Gasteiger partial charge < -0.3 is 14.3 Å². The average Bonchev–Trinajstić information content (AvgIpc) is 3.14. The Kier molecular flexibility index (Phi) is 5.67. The quantitative estimate of drug-likeness (QED) is 0.755. The number of carbonyl (C=O) groups excluding carboxylic acids is 2. The highest BCUT2D eigenvalue weighted by Crippen LogP contribution is 2.38. The second-order valence-electron chi connectivity index (χ2n) is 9.19. The monoisotopic (exact) mass is 409 g/mol. The summed E-state index contributed by atoms with van der Waals surface area (Å²) in [6.07, 6.45) is 5.12. The average molecular weight is 410 g/mol. The van der Waals surface area contributed by atoms with Crippen LogP contribution in [-0.2, 0) is 16.0 Å². The molecule has 0 N–H and O–H groups in total. The Morgan fingerprint density at radius 2 is 1.93 bits per heavy atom. The van der Waals surface area contributed by atoms with Gasteiger partial charge in [-0.1, -0.05) is 41.4 Å². The first-order chi connectivity index (χ1) is 14.4. The molecule has 6 nitrogen and oxygen atoms in total. The van der Waals surface area contributed by atoms with E-state index in [0.29, 0.717) is 18.7 Å². The van der Waals surface area contributed by atoms with Crippen molar-refractivity contribution in [2.45, 2.75) is 45.4 Å². The van der Waals surface area contributed by atoms with Crippen LogP contribution in [-0.4, -0.2) is 54.0 Å². The van der Waals surface area contributed by atoms with Gasteiger partial charge in [-0.3, -0.25) is 9.59 Å². The van der Waals surface area contributed by atoms with Crippen LogP contribution in [0, 0.1) is 18.3 Å². The van der Waals surface area contributed by atoms with Gasteiger partial charge in [0.05, 0.1) is 5.41 Å². The van der Waals surface area contributed by atoms with Crippen molar-refractivity contribution < 1.29 is 14.1 Å². The number of hydrogen-bond acceptors (Lipinski definition) is 4. The molecule has 2 aliphatic rings. The Labute approximate surface area is 178 Å². The first kappa shape index (κ1) is 20.6. The van der Waals surface area contributed by atoms with Gasteiger partial charge in [0.1, 0.15) is 11.5 Å². The fourth-order valence-corrected chi connectivity index (χ4v) is 4.69. The number of carbonyl (C=O) groups is 2. The normalized spacial score (nSPS) is 21.9. The van der Waals surface area contributed by atoms with E-state index >= 15 is 0 Å². The summed E-state index contributed by atoms with van der Waals surface area (Å²) in [4.78, 5) is 29.8. The molecule has 2 fully saturated rings. The highest BCUT2D eigenvalue weighted by Gasteiger charge is 2.46. The van der Waals surface area contributed by atoms with E-state index < -0.39 is 5.41 Å². The Morgan fingerprint density at radius 1 is 1.20 bits per heavy atom. The zero-order chi connectivity index (χ0) is 21.3. The molecule has 1 saturated carbocycles. The van der Waals surface area contributed by atoms with Crippen LogP contribution in [0.1, 0.15) is 43.4 Å². The van der Waals surface area contributed by atoms with Crippen LogP contribution in [0.4, 0.5) is 0 Å². The molecule has 2 aromatic rings. The zero-order valence-corrected chi connectivity index (χ0v) is 18.2. The topological polar surface area (TPSA) is 66.7 Å². The number of aryl methyl sites for hydroxylation is 1. The number of rotatable bonds is 5. The third kappa shape index (κ3) is 4.00. The first-order valence-electron chi connectivity index (χ1n) is 10.9. The second kappa shape index (κ2) is 8.25. The molecule has 0 spiro atoms. The number of hydrogen-bond donors (Lipinski definition) is 0. The van der Waals surface area contributed by atoms with Crippen molar-refractivity contribution in [2.75, 3.05) is 27.2 Å². The zero-order valence-electron chi connectivity index (χ0n) is 18.2. The number of likely N-dealkylation sites (tertiary alicyclic amines) is 1. The minimum Gasteiger partial charge on any atom is -0.361 e. The molecule has 1 aliphatic heterocycles. The maximum atomic E-state index is 13.3. The largest absolute Gasteiger partial charge is 0.361 e. The van der Waals surface area contributed by atoms with Crippen molar-refractivity contribution in [3.8, 4) is 11.3 Å². The van der Waals surface area contributed by atoms with Crippen LogP contribution >= 0.6 is 0 Å². The van der Waals surface area contributed by atoms with Gasteiger partial charge in [0.15, 0.2) is 0 Å². The predicted octanol–water partition coefficient (Wildman–Crippen LogP) is 3.69. The minimum atomic E-state index is -0.661. The number of aromatic nitrogens is 1. The first-order valence-corrected chi connectivity index (χ1v) is 10.9. The van der Waals surface area contributed by atoms with Gasteiger partial charge in [0.2, 0.25) is 11.8 Å². The molecule has 1 aliphatic carbocycles. The molecule has 1 atom stereocenters. The Hall–Kier alpha value is -2.63. The van der Waals surface area contributed by atoms with Crippen molar-refractivity contribution in [1.82, 2.24) is 15.0 Å². The fraction of sp³-hybridized carbons (Fsp3) is 0.542. The third-order valence-corrected chi connectivity index (χ3v) is 6.62. The molecule has 1 aromatic heterocycles. The summed E-state index contributed by atoms with van der Waals surface area (Å²) in [6.45, 7) is 3.25. The standard InChI is InChI=1S/C24H31N3O3/c1-17-8-10-18(11-9-17)21-14-20(30-25-21)15-24(23(29)26(2)3)12-5-13-27(16-24)22(28)19-6-4-7-19/h8-11,14,19H,4-7,12-13,15-16H2,1-3H3. The Balaban J connectivity index is 1.57. The summed E-state index contributed by atoms with van der Waals surface area (Å²) in [7, 11) is 3.57. The molecule has 1 unspecified atom stereocenters. The van der Waals surface area contributed by atoms with Crippen LogP contribution in [0.5, 0.6) is 0 Å². The van der Waals surface area contributed by atoms with E-state index in [2.05, 4.69) is 5.16 Å². The molecule has 0 radical (unpaired) electrons. The summed E-state index contributed by atoms with van der Waals surface area (Å²) >= 11 is 0. The van der Waals surface area contributed by atoms with Gasteiger partial charge in [0.25, 0.3) is 0 Å². The van der Waals surface area contributed by atoms with E-state index in [1.54, 1.807) is 19.0 Å². The molecule has 1 saturated heterocycles. The molecule has 30 heavy (non-hydrogen) atoms. The lowest BCUT2D eigenvalue weighted by molar-refractivity contribution is -0.150. The van der Waals surface area contributed by atoms with Crippen molar-refractivity contribution >= 4 is 11.8 Å². The molecule has 1 aromatic carbocycles. The van der Waals surface area contributed by atoms with Crippen LogP contribution in [0.25, 0.3) is 11.3 Å². The molecule has 0 bridgehead atoms. The van der Waals surface area contributed by atoms with E-state index in [0.717, 1.165) is 49.9 Å². The SMILES string of the molecule is Cc1ccc(-c2cc(CC3(C(=O)N(C)C)CCCN(C(=O)C4CCC4)C3)on2)cc1. The Morgan fingerprint density at radius 3 is 2.57 bits per heavy atom. The van der Waals surface area contributed by atoms with E-state index in [4.69, 9.17) is 4.52 Å². The summed E-state index contributed by atoms with van der Waals surface area (Å²) in [5.74, 6) is 1.11. The van der Waals surface area contributed by atoms with Crippen molar-refractivity contribution in [2.24, 2.45) is 11.3 Å². The van der Waals surface area contributed by atoms with Gasteiger partial charge in [-0.05, 0) is 32.6 Å². The summed E-state index contributed by atoms with van der Waals surface area (Å²) in [6, 6.07) is 10.1. The van der Waals surface area contributed by atoms with Crippen molar-refractivity contribution in [3.63, 3.8) is 0 Å². The van der Waals surface area contributed by atoms with Crippen molar-refractivity contribution in [3.05, 3.63) is 41.7 Å². The maximum Gasteiger partial charge on any atom is 0.230 e. The highest BCUT2D eigenvalue weighted by atomic mass is 16.5. The van der Waals surface area contributed by atoms with Gasteiger partial charge in [-0.15, -0.1) is 0 Å². The van der Waals surface area contributed by atoms with Crippen molar-refractivity contribution in [1.29, 1.82) is 0 Å². The van der Waals surface area contributed by atoms with Gasteiger partial charge >= 0.3 is 0 Å². The Bertz CT molecular complexity index is 914. The number of amides is 2. The smallest absolute Gasteiger partial charge is 0.230 e. The van der Waals surface area contributed by atoms with E-state index in [-0.39, 0.29) is 17.7 Å². The molecule has 6 heteroatoms. The lowest BCUT2D eigenvalue weighted by atomic mass is 9.74. The molecule has 2 amide bonds. The van der Waals surface area contributed by atoms with E-state index in [9.17, 15) is 9.59 Å². The lowest BCUT2D eigenvalue weighted by Gasteiger charge is -2.44. The molecular weight excluding hydrogens is 378 g/mol. The number of benzene rings is 1. The summed E-state index contributed by atoms with van der Waals surface area (Å²) < 4.78 is 5.66. The predicted molar refractivity (Wildman–Crippen MR) is 115 cm³/mol. The number of nitrogens with zero attached hydrogens (tertiary/aromatic N) is 3. The molecule has 2 heterocycles. The number of piperidine rings is 1. The maximum absolute atomic E-state index is 13.3. The lowest BCUT2D eigenvalue weighted by Crippen LogP contribution is -2.55. The van der Waals surface area contributed by atoms with E-state index in [1.807, 2.05) is 42.2 Å². The molecule has 160 valence electrons. The highest BCUT2D eigenvalue weighted by molar-refractivity contribution is 5.85. The van der Waals surface area contributed by atoms with Crippen LogP contribution < -0.4 is 0 Å². The van der Waals surface area contributed by atoms with E-state index in [1.165, 1.54) is 5.56 Å².